The van der Waals surface area contributed by atoms with Gasteiger partial charge in [-0.15, -0.1) is 0 Å². The maximum atomic E-state index is 13.1. The van der Waals surface area contributed by atoms with Crippen LogP contribution in [-0.2, 0) is 16.1 Å². The van der Waals surface area contributed by atoms with Gasteiger partial charge < -0.3 is 15.0 Å². The molecule has 0 aliphatic heterocycles. The Hall–Kier alpha value is -2.24. The molecule has 30 heavy (non-hydrogen) atoms. The van der Waals surface area contributed by atoms with Crippen LogP contribution in [0.2, 0.25) is 10.0 Å². The van der Waals surface area contributed by atoms with Gasteiger partial charge in [-0.05, 0) is 48.2 Å². The van der Waals surface area contributed by atoms with Crippen molar-refractivity contribution in [2.45, 2.75) is 39.8 Å². The maximum Gasteiger partial charge on any atom is 0.261 e. The fourth-order valence-corrected chi connectivity index (χ4v) is 3.23. The Morgan fingerprint density at radius 3 is 2.33 bits per heavy atom. The lowest BCUT2D eigenvalue weighted by atomic mass is 10.1. The first-order valence-corrected chi connectivity index (χ1v) is 10.8. The number of hydrogen-bond acceptors (Lipinski definition) is 3. The highest BCUT2D eigenvalue weighted by Crippen LogP contribution is 2.20. The quantitative estimate of drug-likeness (QED) is 0.556. The Kier molecular flexibility index (Phi) is 9.47. The SMILES string of the molecule is CC[C@H](C(=O)NCC(C)C)N(Cc1ccccc1Cl)C(=O)COc1ccc(Cl)cc1. The summed E-state index contributed by atoms with van der Waals surface area (Å²) >= 11 is 12.2. The van der Waals surface area contributed by atoms with Gasteiger partial charge in [0.25, 0.3) is 5.91 Å². The predicted molar refractivity (Wildman–Crippen MR) is 121 cm³/mol. The molecule has 2 aromatic rings. The first-order chi connectivity index (χ1) is 14.3. The molecule has 0 aliphatic rings. The molecule has 162 valence electrons. The molecule has 0 heterocycles. The summed E-state index contributed by atoms with van der Waals surface area (Å²) in [7, 11) is 0. The zero-order valence-corrected chi connectivity index (χ0v) is 19.0. The monoisotopic (exact) mass is 450 g/mol. The van der Waals surface area contributed by atoms with Gasteiger partial charge in [-0.2, -0.15) is 0 Å². The summed E-state index contributed by atoms with van der Waals surface area (Å²) in [4.78, 5) is 27.4. The zero-order valence-electron chi connectivity index (χ0n) is 17.5. The number of amides is 2. The van der Waals surface area contributed by atoms with Crippen LogP contribution in [0.4, 0.5) is 0 Å². The van der Waals surface area contributed by atoms with E-state index in [1.807, 2.05) is 39.0 Å². The molecule has 7 heteroatoms. The van der Waals surface area contributed by atoms with Gasteiger partial charge in [-0.1, -0.05) is 62.2 Å². The van der Waals surface area contributed by atoms with E-state index in [1.165, 1.54) is 4.90 Å². The van der Waals surface area contributed by atoms with Gasteiger partial charge in [0.1, 0.15) is 11.8 Å². The second-order valence-electron chi connectivity index (χ2n) is 7.42. The highest BCUT2D eigenvalue weighted by atomic mass is 35.5. The van der Waals surface area contributed by atoms with Crippen LogP contribution in [0.5, 0.6) is 5.75 Å². The molecular weight excluding hydrogens is 423 g/mol. The highest BCUT2D eigenvalue weighted by Gasteiger charge is 2.29. The summed E-state index contributed by atoms with van der Waals surface area (Å²) in [5.41, 5.74) is 0.772. The number of nitrogens with one attached hydrogen (secondary N) is 1. The molecular formula is C23H28Cl2N2O3. The molecule has 2 amide bonds. The standard InChI is InChI=1S/C23H28Cl2N2O3/c1-4-21(23(29)26-13-16(2)3)27(14-17-7-5-6-8-20(17)25)22(28)15-30-19-11-9-18(24)10-12-19/h5-12,16,21H,4,13-15H2,1-3H3,(H,26,29)/t21-/m1/s1. The van der Waals surface area contributed by atoms with Gasteiger partial charge in [0.15, 0.2) is 6.61 Å². The third-order valence-electron chi connectivity index (χ3n) is 4.54. The molecule has 0 aliphatic carbocycles. The summed E-state index contributed by atoms with van der Waals surface area (Å²) in [5, 5.41) is 4.06. The largest absolute Gasteiger partial charge is 0.484 e. The number of carbonyl (C=O) groups excluding carboxylic acids is 2. The van der Waals surface area contributed by atoms with E-state index in [2.05, 4.69) is 5.32 Å². The van der Waals surface area contributed by atoms with Crippen molar-refractivity contribution in [2.75, 3.05) is 13.2 Å². The first-order valence-electron chi connectivity index (χ1n) is 10.0. The minimum atomic E-state index is -0.624. The van der Waals surface area contributed by atoms with E-state index in [0.717, 1.165) is 5.56 Å². The number of ether oxygens (including phenoxy) is 1. The van der Waals surface area contributed by atoms with Crippen LogP contribution in [0.3, 0.4) is 0 Å². The molecule has 0 radical (unpaired) electrons. The van der Waals surface area contributed by atoms with Crippen LogP contribution >= 0.6 is 23.2 Å². The Labute approximate surface area is 188 Å². The molecule has 1 atom stereocenters. The summed E-state index contributed by atoms with van der Waals surface area (Å²) in [6.07, 6.45) is 0.473. The van der Waals surface area contributed by atoms with Crippen LogP contribution in [-0.4, -0.2) is 35.9 Å². The average Bonchev–Trinajstić information content (AvgIpc) is 2.72. The van der Waals surface area contributed by atoms with Crippen LogP contribution in [0, 0.1) is 5.92 Å². The van der Waals surface area contributed by atoms with E-state index in [4.69, 9.17) is 27.9 Å². The number of benzene rings is 2. The zero-order chi connectivity index (χ0) is 22.1. The van der Waals surface area contributed by atoms with E-state index >= 15 is 0 Å². The maximum absolute atomic E-state index is 13.1. The predicted octanol–water partition coefficient (Wildman–Crippen LogP) is 4.95. The second-order valence-corrected chi connectivity index (χ2v) is 8.26. The minimum Gasteiger partial charge on any atom is -0.484 e. The van der Waals surface area contributed by atoms with Crippen LogP contribution in [0.15, 0.2) is 48.5 Å². The molecule has 0 aromatic heterocycles. The average molecular weight is 451 g/mol. The van der Waals surface area contributed by atoms with Crippen molar-refractivity contribution in [3.05, 3.63) is 64.1 Å². The van der Waals surface area contributed by atoms with Crippen LogP contribution in [0.25, 0.3) is 0 Å². The topological polar surface area (TPSA) is 58.6 Å². The van der Waals surface area contributed by atoms with Gasteiger partial charge in [0.2, 0.25) is 5.91 Å². The molecule has 2 aromatic carbocycles. The van der Waals surface area contributed by atoms with Gasteiger partial charge in [0, 0.05) is 23.1 Å². The molecule has 2 rings (SSSR count). The van der Waals surface area contributed by atoms with Crippen molar-refractivity contribution in [1.82, 2.24) is 10.2 Å². The van der Waals surface area contributed by atoms with E-state index in [0.29, 0.717) is 34.7 Å². The van der Waals surface area contributed by atoms with Crippen LogP contribution in [0.1, 0.15) is 32.8 Å². The lowest BCUT2D eigenvalue weighted by Crippen LogP contribution is -2.50. The third kappa shape index (κ3) is 7.22. The highest BCUT2D eigenvalue weighted by molar-refractivity contribution is 6.31. The normalized spacial score (nSPS) is 11.8. The fraction of sp³-hybridized carbons (Fsp3) is 0.391. The van der Waals surface area contributed by atoms with E-state index < -0.39 is 6.04 Å². The number of halogens is 2. The molecule has 5 nitrogen and oxygen atoms in total. The van der Waals surface area contributed by atoms with E-state index in [1.54, 1.807) is 30.3 Å². The van der Waals surface area contributed by atoms with E-state index in [9.17, 15) is 9.59 Å². The summed E-state index contributed by atoms with van der Waals surface area (Å²) in [6, 6.07) is 13.4. The Bertz CT molecular complexity index is 841. The molecule has 0 bridgehead atoms. The number of nitrogens with zero attached hydrogens (tertiary/aromatic N) is 1. The molecule has 0 saturated carbocycles. The number of hydrogen-bond donors (Lipinski definition) is 1. The Balaban J connectivity index is 2.19. The van der Waals surface area contributed by atoms with Gasteiger partial charge >= 0.3 is 0 Å². The van der Waals surface area contributed by atoms with Crippen molar-refractivity contribution in [1.29, 1.82) is 0 Å². The van der Waals surface area contributed by atoms with Crippen molar-refractivity contribution < 1.29 is 14.3 Å². The smallest absolute Gasteiger partial charge is 0.261 e. The lowest BCUT2D eigenvalue weighted by molar-refractivity contribution is -0.143. The van der Waals surface area contributed by atoms with Crippen LogP contribution < -0.4 is 10.1 Å². The first kappa shape index (κ1) is 24.0. The van der Waals surface area contributed by atoms with Gasteiger partial charge in [-0.25, -0.2) is 0 Å². The number of rotatable bonds is 10. The molecule has 1 N–H and O–H groups in total. The summed E-state index contributed by atoms with van der Waals surface area (Å²) in [6.45, 7) is 6.50. The molecule has 0 fully saturated rings. The number of carbonyl (C=O) groups is 2. The summed E-state index contributed by atoms with van der Waals surface area (Å²) < 4.78 is 5.63. The minimum absolute atomic E-state index is 0.182. The molecule has 0 unspecified atom stereocenters. The third-order valence-corrected chi connectivity index (χ3v) is 5.17. The summed E-state index contributed by atoms with van der Waals surface area (Å²) in [5.74, 6) is 0.365. The fourth-order valence-electron chi connectivity index (χ4n) is 2.91. The van der Waals surface area contributed by atoms with E-state index in [-0.39, 0.29) is 25.0 Å². The Morgan fingerprint density at radius 1 is 1.07 bits per heavy atom. The Morgan fingerprint density at radius 2 is 1.73 bits per heavy atom. The van der Waals surface area contributed by atoms with Gasteiger partial charge in [-0.3, -0.25) is 9.59 Å². The lowest BCUT2D eigenvalue weighted by Gasteiger charge is -2.31. The van der Waals surface area contributed by atoms with Crippen molar-refractivity contribution in [3.63, 3.8) is 0 Å². The van der Waals surface area contributed by atoms with Gasteiger partial charge in [0.05, 0.1) is 0 Å². The van der Waals surface area contributed by atoms with Crippen molar-refractivity contribution in [2.24, 2.45) is 5.92 Å². The van der Waals surface area contributed by atoms with Crippen molar-refractivity contribution in [3.8, 4) is 5.75 Å². The molecule has 0 saturated heterocycles. The second kappa shape index (κ2) is 11.8. The molecule has 0 spiro atoms. The van der Waals surface area contributed by atoms with Crippen molar-refractivity contribution >= 4 is 35.0 Å².